The smallest absolute Gasteiger partial charge is 0.240 e. The number of para-hydroxylation sites is 2. The summed E-state index contributed by atoms with van der Waals surface area (Å²) in [5.41, 5.74) is 0.384. The van der Waals surface area contributed by atoms with Crippen molar-refractivity contribution in [3.8, 4) is 17.2 Å². The average Bonchev–Trinajstić information content (AvgIpc) is 2.70. The van der Waals surface area contributed by atoms with Crippen molar-refractivity contribution in [3.63, 3.8) is 0 Å². The van der Waals surface area contributed by atoms with Gasteiger partial charge in [-0.1, -0.05) is 12.1 Å². The summed E-state index contributed by atoms with van der Waals surface area (Å²) in [5, 5.41) is 2.72. The van der Waals surface area contributed by atoms with Crippen LogP contribution in [0.4, 0.5) is 5.69 Å². The molecule has 0 saturated carbocycles. The fourth-order valence-electron chi connectivity index (χ4n) is 2.94. The van der Waals surface area contributed by atoms with E-state index < -0.39 is 15.9 Å². The van der Waals surface area contributed by atoms with Crippen LogP contribution >= 0.6 is 0 Å². The molecule has 1 N–H and O–H groups in total. The minimum atomic E-state index is -3.66. The standard InChI is InChI=1S/C21H26N2O6S/c1-15(2)28-17-10-8-16(9-11-17)23(30(3,25)26)13-21(24)22-12-18-14-27-19-6-4-5-7-20(19)29-18/h4-11,15,18H,12-14H2,1-3H3,(H,22,24). The van der Waals surface area contributed by atoms with Gasteiger partial charge in [-0.3, -0.25) is 9.10 Å². The number of sulfonamides is 1. The molecule has 0 aromatic heterocycles. The zero-order chi connectivity index (χ0) is 21.7. The Hall–Kier alpha value is -2.94. The maximum absolute atomic E-state index is 12.4. The van der Waals surface area contributed by atoms with Crippen LogP contribution in [0.5, 0.6) is 17.2 Å². The molecule has 0 fully saturated rings. The number of ether oxygens (including phenoxy) is 3. The number of nitrogens with one attached hydrogen (secondary N) is 1. The monoisotopic (exact) mass is 434 g/mol. The van der Waals surface area contributed by atoms with Crippen LogP contribution < -0.4 is 23.8 Å². The minimum absolute atomic E-state index is 0.00518. The average molecular weight is 435 g/mol. The summed E-state index contributed by atoms with van der Waals surface area (Å²) in [4.78, 5) is 12.4. The van der Waals surface area contributed by atoms with Gasteiger partial charge in [0.05, 0.1) is 24.6 Å². The summed E-state index contributed by atoms with van der Waals surface area (Å²) < 4.78 is 42.5. The van der Waals surface area contributed by atoms with Gasteiger partial charge in [-0.05, 0) is 50.2 Å². The Morgan fingerprint density at radius 2 is 1.83 bits per heavy atom. The highest BCUT2D eigenvalue weighted by Crippen LogP contribution is 2.30. The number of carbonyl (C=O) groups excluding carboxylic acids is 1. The van der Waals surface area contributed by atoms with Crippen LogP contribution in [-0.4, -0.2) is 52.5 Å². The molecule has 0 saturated heterocycles. The van der Waals surface area contributed by atoms with Gasteiger partial charge < -0.3 is 19.5 Å². The number of anilines is 1. The Morgan fingerprint density at radius 3 is 2.47 bits per heavy atom. The Morgan fingerprint density at radius 1 is 1.17 bits per heavy atom. The topological polar surface area (TPSA) is 94.2 Å². The van der Waals surface area contributed by atoms with Crippen molar-refractivity contribution >= 4 is 21.6 Å². The number of rotatable bonds is 8. The molecular weight excluding hydrogens is 408 g/mol. The predicted octanol–water partition coefficient (Wildman–Crippen LogP) is 2.20. The van der Waals surface area contributed by atoms with Crippen LogP contribution in [0.25, 0.3) is 0 Å². The normalized spacial score (nSPS) is 15.5. The molecule has 0 aliphatic carbocycles. The van der Waals surface area contributed by atoms with Crippen LogP contribution in [0.15, 0.2) is 48.5 Å². The summed E-state index contributed by atoms with van der Waals surface area (Å²) in [7, 11) is -3.66. The highest BCUT2D eigenvalue weighted by Gasteiger charge is 2.24. The SMILES string of the molecule is CC(C)Oc1ccc(N(CC(=O)NCC2COc3ccccc3O2)S(C)(=O)=O)cc1. The zero-order valence-electron chi connectivity index (χ0n) is 17.2. The molecule has 1 unspecified atom stereocenters. The number of hydrogen-bond donors (Lipinski definition) is 1. The molecule has 9 heteroatoms. The first-order valence-corrected chi connectivity index (χ1v) is 11.5. The number of nitrogens with zero attached hydrogens (tertiary/aromatic N) is 1. The number of carbonyl (C=O) groups is 1. The fourth-order valence-corrected chi connectivity index (χ4v) is 3.80. The predicted molar refractivity (Wildman–Crippen MR) is 114 cm³/mol. The van der Waals surface area contributed by atoms with Gasteiger partial charge in [-0.15, -0.1) is 0 Å². The lowest BCUT2D eigenvalue weighted by atomic mass is 10.2. The Labute approximate surface area is 176 Å². The van der Waals surface area contributed by atoms with E-state index in [-0.39, 0.29) is 25.3 Å². The van der Waals surface area contributed by atoms with Gasteiger partial charge in [-0.2, -0.15) is 0 Å². The second-order valence-electron chi connectivity index (χ2n) is 7.23. The van der Waals surface area contributed by atoms with E-state index in [1.807, 2.05) is 32.0 Å². The van der Waals surface area contributed by atoms with E-state index in [0.717, 1.165) is 10.6 Å². The lowest BCUT2D eigenvalue weighted by Gasteiger charge is -2.27. The summed E-state index contributed by atoms with van der Waals surface area (Å²) in [5.74, 6) is 1.46. The Kier molecular flexibility index (Phi) is 6.71. The van der Waals surface area contributed by atoms with Crippen LogP contribution in [0, 0.1) is 0 Å². The van der Waals surface area contributed by atoms with Gasteiger partial charge in [-0.25, -0.2) is 8.42 Å². The van der Waals surface area contributed by atoms with Gasteiger partial charge in [0.2, 0.25) is 15.9 Å². The Bertz CT molecular complexity index is 975. The van der Waals surface area contributed by atoms with E-state index in [2.05, 4.69) is 5.32 Å². The van der Waals surface area contributed by atoms with Gasteiger partial charge in [0.15, 0.2) is 11.5 Å². The minimum Gasteiger partial charge on any atom is -0.491 e. The molecule has 30 heavy (non-hydrogen) atoms. The maximum atomic E-state index is 12.4. The number of amides is 1. The summed E-state index contributed by atoms with van der Waals surface area (Å²) in [6.45, 7) is 3.96. The maximum Gasteiger partial charge on any atom is 0.240 e. The van der Waals surface area contributed by atoms with E-state index >= 15 is 0 Å². The summed E-state index contributed by atoms with van der Waals surface area (Å²) in [6.07, 6.45) is 0.710. The molecule has 8 nitrogen and oxygen atoms in total. The molecule has 1 heterocycles. The highest BCUT2D eigenvalue weighted by atomic mass is 32.2. The molecular formula is C21H26N2O6S. The van der Waals surface area contributed by atoms with Gasteiger partial charge in [0.1, 0.15) is 25.0 Å². The van der Waals surface area contributed by atoms with Crippen molar-refractivity contribution in [1.29, 1.82) is 0 Å². The quantitative estimate of drug-likeness (QED) is 0.685. The first-order chi connectivity index (χ1) is 14.2. The molecule has 162 valence electrons. The summed E-state index contributed by atoms with van der Waals surface area (Å²) >= 11 is 0. The number of fused-ring (bicyclic) bond motifs is 1. The third kappa shape index (κ3) is 5.79. The Balaban J connectivity index is 1.59. The van der Waals surface area contributed by atoms with E-state index in [1.54, 1.807) is 30.3 Å². The number of benzene rings is 2. The largest absolute Gasteiger partial charge is 0.491 e. The van der Waals surface area contributed by atoms with Crippen molar-refractivity contribution < 1.29 is 27.4 Å². The second-order valence-corrected chi connectivity index (χ2v) is 9.14. The van der Waals surface area contributed by atoms with E-state index in [0.29, 0.717) is 29.5 Å². The molecule has 1 amide bonds. The zero-order valence-corrected chi connectivity index (χ0v) is 18.0. The van der Waals surface area contributed by atoms with Crippen molar-refractivity contribution in [3.05, 3.63) is 48.5 Å². The van der Waals surface area contributed by atoms with E-state index in [4.69, 9.17) is 14.2 Å². The lowest BCUT2D eigenvalue weighted by molar-refractivity contribution is -0.120. The third-order valence-corrected chi connectivity index (χ3v) is 5.42. The molecule has 1 atom stereocenters. The van der Waals surface area contributed by atoms with Crippen molar-refractivity contribution in [2.75, 3.05) is 30.3 Å². The number of hydrogen-bond acceptors (Lipinski definition) is 6. The van der Waals surface area contributed by atoms with Crippen molar-refractivity contribution in [1.82, 2.24) is 5.32 Å². The first-order valence-electron chi connectivity index (χ1n) is 9.62. The van der Waals surface area contributed by atoms with Crippen LogP contribution in [0.3, 0.4) is 0 Å². The van der Waals surface area contributed by atoms with Crippen LogP contribution in [0.1, 0.15) is 13.8 Å². The van der Waals surface area contributed by atoms with Crippen LogP contribution in [0.2, 0.25) is 0 Å². The molecule has 0 radical (unpaired) electrons. The molecule has 0 bridgehead atoms. The molecule has 2 aromatic carbocycles. The van der Waals surface area contributed by atoms with Crippen LogP contribution in [-0.2, 0) is 14.8 Å². The lowest BCUT2D eigenvalue weighted by Crippen LogP contribution is -2.45. The second kappa shape index (κ2) is 9.25. The molecule has 2 aromatic rings. The first kappa shape index (κ1) is 21.8. The van der Waals surface area contributed by atoms with Crippen molar-refractivity contribution in [2.24, 2.45) is 0 Å². The van der Waals surface area contributed by atoms with Gasteiger partial charge >= 0.3 is 0 Å². The van der Waals surface area contributed by atoms with Gasteiger partial charge in [0.25, 0.3) is 0 Å². The molecule has 1 aliphatic heterocycles. The van der Waals surface area contributed by atoms with E-state index in [1.165, 1.54) is 0 Å². The summed E-state index contributed by atoms with van der Waals surface area (Å²) in [6, 6.07) is 13.9. The van der Waals surface area contributed by atoms with E-state index in [9.17, 15) is 13.2 Å². The van der Waals surface area contributed by atoms with Gasteiger partial charge in [0, 0.05) is 0 Å². The third-order valence-electron chi connectivity index (χ3n) is 4.28. The molecule has 0 spiro atoms. The van der Waals surface area contributed by atoms with Crippen molar-refractivity contribution in [2.45, 2.75) is 26.1 Å². The highest BCUT2D eigenvalue weighted by molar-refractivity contribution is 7.92. The molecule has 3 rings (SSSR count). The fraction of sp³-hybridized carbons (Fsp3) is 0.381. The molecule has 1 aliphatic rings.